The smallest absolute Gasteiger partial charge is 0.224 e. The third-order valence-electron chi connectivity index (χ3n) is 4.57. The first-order valence-corrected chi connectivity index (χ1v) is 8.16. The van der Waals surface area contributed by atoms with E-state index in [1.807, 2.05) is 12.1 Å². The predicted octanol–water partition coefficient (Wildman–Crippen LogP) is 3.22. The summed E-state index contributed by atoms with van der Waals surface area (Å²) in [5.41, 5.74) is 1.43. The Morgan fingerprint density at radius 3 is 2.68 bits per heavy atom. The summed E-state index contributed by atoms with van der Waals surface area (Å²) in [5, 5.41) is 2.89. The summed E-state index contributed by atoms with van der Waals surface area (Å²) in [7, 11) is 2.94. The van der Waals surface area contributed by atoms with Crippen LogP contribution in [0.25, 0.3) is 0 Å². The summed E-state index contributed by atoms with van der Waals surface area (Å²) in [6, 6.07) is 6.20. The summed E-state index contributed by atoms with van der Waals surface area (Å²) >= 11 is 0. The standard InChI is InChI=1S/C19H21FN2O3/c1-11(13-8-17(24-2)18(25-3)9-16(13)20)22-19(23)15-7-14(15)12-5-4-6-21-10-12/h4-6,8-11,14-15H,7H2,1-3H3,(H,22,23)/t11-,14+,15+/m0/s1. The Hall–Kier alpha value is -2.63. The van der Waals surface area contributed by atoms with Gasteiger partial charge in [0.2, 0.25) is 5.91 Å². The van der Waals surface area contributed by atoms with Crippen LogP contribution in [-0.2, 0) is 4.79 Å². The lowest BCUT2D eigenvalue weighted by Crippen LogP contribution is -2.29. The van der Waals surface area contributed by atoms with Gasteiger partial charge in [-0.2, -0.15) is 0 Å². The number of ether oxygens (including phenoxy) is 2. The fraction of sp³-hybridized carbons (Fsp3) is 0.368. The van der Waals surface area contributed by atoms with Crippen molar-refractivity contribution in [1.29, 1.82) is 0 Å². The first-order chi connectivity index (χ1) is 12.0. The van der Waals surface area contributed by atoms with Crippen molar-refractivity contribution < 1.29 is 18.7 Å². The number of hydrogen-bond donors (Lipinski definition) is 1. The SMILES string of the molecule is COc1cc(F)c([C@H](C)NC(=O)[C@@H]2C[C@@H]2c2cccnc2)cc1OC. The highest BCUT2D eigenvalue weighted by Gasteiger charge is 2.44. The summed E-state index contributed by atoms with van der Waals surface area (Å²) in [4.78, 5) is 16.5. The van der Waals surface area contributed by atoms with Gasteiger partial charge in [-0.1, -0.05) is 6.07 Å². The van der Waals surface area contributed by atoms with E-state index < -0.39 is 11.9 Å². The molecule has 132 valence electrons. The quantitative estimate of drug-likeness (QED) is 0.874. The average molecular weight is 344 g/mol. The first-order valence-electron chi connectivity index (χ1n) is 8.16. The molecule has 0 aliphatic heterocycles. The van der Waals surface area contributed by atoms with Crippen LogP contribution < -0.4 is 14.8 Å². The van der Waals surface area contributed by atoms with Gasteiger partial charge < -0.3 is 14.8 Å². The van der Waals surface area contributed by atoms with Crippen LogP contribution in [0.3, 0.4) is 0 Å². The van der Waals surface area contributed by atoms with Gasteiger partial charge in [-0.05, 0) is 37.0 Å². The summed E-state index contributed by atoms with van der Waals surface area (Å²) < 4.78 is 24.6. The molecule has 25 heavy (non-hydrogen) atoms. The summed E-state index contributed by atoms with van der Waals surface area (Å²) in [6.07, 6.45) is 4.29. The topological polar surface area (TPSA) is 60.5 Å². The normalized spacial score (nSPS) is 19.8. The number of methoxy groups -OCH3 is 2. The Morgan fingerprint density at radius 1 is 1.32 bits per heavy atom. The van der Waals surface area contributed by atoms with E-state index in [0.29, 0.717) is 17.1 Å². The number of carbonyl (C=O) groups excluding carboxylic acids is 1. The molecule has 0 radical (unpaired) electrons. The first kappa shape index (κ1) is 17.2. The van der Waals surface area contributed by atoms with E-state index >= 15 is 0 Å². The van der Waals surface area contributed by atoms with Crippen LogP contribution in [0.4, 0.5) is 4.39 Å². The van der Waals surface area contributed by atoms with Gasteiger partial charge in [0.1, 0.15) is 5.82 Å². The van der Waals surface area contributed by atoms with Gasteiger partial charge in [-0.25, -0.2) is 4.39 Å². The Kier molecular flexibility index (Phi) is 4.88. The third kappa shape index (κ3) is 3.57. The van der Waals surface area contributed by atoms with E-state index in [1.165, 1.54) is 20.3 Å². The van der Waals surface area contributed by atoms with Crippen LogP contribution in [0.5, 0.6) is 11.5 Å². The fourth-order valence-corrected chi connectivity index (χ4v) is 3.05. The lowest BCUT2D eigenvalue weighted by Gasteiger charge is -2.17. The Balaban J connectivity index is 1.68. The van der Waals surface area contributed by atoms with Gasteiger partial charge in [0.15, 0.2) is 11.5 Å². The molecule has 1 fully saturated rings. The molecule has 1 heterocycles. The minimum absolute atomic E-state index is 0.0736. The number of nitrogens with zero attached hydrogens (tertiary/aromatic N) is 1. The summed E-state index contributed by atoms with van der Waals surface area (Å²) in [6.45, 7) is 1.75. The van der Waals surface area contributed by atoms with Crippen molar-refractivity contribution in [2.24, 2.45) is 5.92 Å². The Labute approximate surface area is 146 Å². The fourth-order valence-electron chi connectivity index (χ4n) is 3.05. The number of hydrogen-bond acceptors (Lipinski definition) is 4. The zero-order valence-corrected chi connectivity index (χ0v) is 14.5. The molecule has 0 bridgehead atoms. The number of carbonyl (C=O) groups is 1. The van der Waals surface area contributed by atoms with E-state index in [-0.39, 0.29) is 17.7 Å². The second-order valence-corrected chi connectivity index (χ2v) is 6.19. The van der Waals surface area contributed by atoms with Gasteiger partial charge >= 0.3 is 0 Å². The van der Waals surface area contributed by atoms with Crippen molar-refractivity contribution in [2.75, 3.05) is 14.2 Å². The molecule has 6 heteroatoms. The minimum atomic E-state index is -0.470. The summed E-state index contributed by atoms with van der Waals surface area (Å²) in [5.74, 6) is 0.340. The molecular formula is C19H21FN2O3. The zero-order chi connectivity index (χ0) is 18.0. The minimum Gasteiger partial charge on any atom is -0.493 e. The van der Waals surface area contributed by atoms with Crippen LogP contribution in [0.1, 0.15) is 36.4 Å². The maximum Gasteiger partial charge on any atom is 0.224 e. The van der Waals surface area contributed by atoms with E-state index in [1.54, 1.807) is 25.4 Å². The molecule has 1 aromatic carbocycles. The molecule has 1 N–H and O–H groups in total. The van der Waals surface area contributed by atoms with Crippen LogP contribution >= 0.6 is 0 Å². The molecule has 1 aliphatic rings. The molecule has 1 aromatic heterocycles. The highest BCUT2D eigenvalue weighted by molar-refractivity contribution is 5.83. The lowest BCUT2D eigenvalue weighted by atomic mass is 10.1. The number of benzene rings is 1. The van der Waals surface area contributed by atoms with E-state index in [2.05, 4.69) is 10.3 Å². The third-order valence-corrected chi connectivity index (χ3v) is 4.57. The molecule has 2 aromatic rings. The van der Waals surface area contributed by atoms with E-state index in [0.717, 1.165) is 12.0 Å². The molecule has 1 aliphatic carbocycles. The molecule has 1 saturated carbocycles. The maximum atomic E-state index is 14.3. The van der Waals surface area contributed by atoms with Crippen molar-refractivity contribution in [3.8, 4) is 11.5 Å². The van der Waals surface area contributed by atoms with Crippen molar-refractivity contribution in [2.45, 2.75) is 25.3 Å². The molecule has 0 unspecified atom stereocenters. The highest BCUT2D eigenvalue weighted by atomic mass is 19.1. The Bertz CT molecular complexity index is 767. The second-order valence-electron chi connectivity index (χ2n) is 6.19. The number of aromatic nitrogens is 1. The number of rotatable bonds is 6. The molecule has 5 nitrogen and oxygen atoms in total. The van der Waals surface area contributed by atoms with E-state index in [9.17, 15) is 9.18 Å². The number of amides is 1. The molecular weight excluding hydrogens is 323 g/mol. The lowest BCUT2D eigenvalue weighted by molar-refractivity contribution is -0.123. The van der Waals surface area contributed by atoms with Crippen LogP contribution in [-0.4, -0.2) is 25.1 Å². The van der Waals surface area contributed by atoms with Gasteiger partial charge in [0.05, 0.1) is 20.3 Å². The molecule has 3 atom stereocenters. The zero-order valence-electron chi connectivity index (χ0n) is 14.5. The molecule has 0 saturated heterocycles. The van der Waals surface area contributed by atoms with Crippen LogP contribution in [0, 0.1) is 11.7 Å². The monoisotopic (exact) mass is 344 g/mol. The molecule has 3 rings (SSSR count). The average Bonchev–Trinajstić information content (AvgIpc) is 3.43. The highest BCUT2D eigenvalue weighted by Crippen LogP contribution is 2.47. The number of nitrogens with one attached hydrogen (secondary N) is 1. The second kappa shape index (κ2) is 7.09. The van der Waals surface area contributed by atoms with Crippen molar-refractivity contribution in [3.05, 3.63) is 53.6 Å². The van der Waals surface area contributed by atoms with Crippen molar-refractivity contribution in [1.82, 2.24) is 10.3 Å². The van der Waals surface area contributed by atoms with Crippen LogP contribution in [0.2, 0.25) is 0 Å². The molecule has 1 amide bonds. The van der Waals surface area contributed by atoms with Gasteiger partial charge in [-0.15, -0.1) is 0 Å². The van der Waals surface area contributed by atoms with Crippen LogP contribution in [0.15, 0.2) is 36.7 Å². The van der Waals surface area contributed by atoms with Gasteiger partial charge in [0.25, 0.3) is 0 Å². The number of pyridine rings is 1. The van der Waals surface area contributed by atoms with Crippen molar-refractivity contribution >= 4 is 5.91 Å². The maximum absolute atomic E-state index is 14.3. The van der Waals surface area contributed by atoms with Gasteiger partial charge in [-0.3, -0.25) is 9.78 Å². The Morgan fingerprint density at radius 2 is 2.04 bits per heavy atom. The largest absolute Gasteiger partial charge is 0.493 e. The van der Waals surface area contributed by atoms with E-state index in [4.69, 9.17) is 9.47 Å². The predicted molar refractivity (Wildman–Crippen MR) is 91.1 cm³/mol. The molecule has 0 spiro atoms. The van der Waals surface area contributed by atoms with Crippen molar-refractivity contribution in [3.63, 3.8) is 0 Å². The van der Waals surface area contributed by atoms with Gasteiger partial charge in [0, 0.05) is 29.9 Å². The number of halogens is 1.